The first-order chi connectivity index (χ1) is 16.2. The van der Waals surface area contributed by atoms with Crippen LogP contribution in [0.2, 0.25) is 0 Å². The predicted octanol–water partition coefficient (Wildman–Crippen LogP) is 4.37. The first-order valence-corrected chi connectivity index (χ1v) is 12.1. The summed E-state index contributed by atoms with van der Waals surface area (Å²) in [6.07, 6.45) is 0. The molecule has 1 aliphatic heterocycles. The number of fused-ring (bicyclic) bond motifs is 2. The van der Waals surface area contributed by atoms with Crippen molar-refractivity contribution in [2.24, 2.45) is 0 Å². The van der Waals surface area contributed by atoms with Crippen LogP contribution in [0.25, 0.3) is 33.4 Å². The van der Waals surface area contributed by atoms with Gasteiger partial charge in [0.2, 0.25) is 11.3 Å². The fourth-order valence-electron chi connectivity index (χ4n) is 3.98. The number of nitrogens with one attached hydrogen (secondary N) is 1. The van der Waals surface area contributed by atoms with E-state index >= 15 is 0 Å². The molecule has 0 saturated carbocycles. The molecule has 2 aromatic rings. The van der Waals surface area contributed by atoms with E-state index in [0.29, 0.717) is 28.2 Å². The van der Waals surface area contributed by atoms with Gasteiger partial charge < -0.3 is 19.7 Å². The number of halogens is 1. The van der Waals surface area contributed by atoms with Crippen molar-refractivity contribution in [3.8, 4) is 22.5 Å². The quantitative estimate of drug-likeness (QED) is 0.161. The van der Waals surface area contributed by atoms with Gasteiger partial charge in [-0.2, -0.15) is 0 Å². The van der Waals surface area contributed by atoms with E-state index in [1.165, 1.54) is 0 Å². The summed E-state index contributed by atoms with van der Waals surface area (Å²) >= 11 is 1.98. The van der Waals surface area contributed by atoms with Crippen molar-refractivity contribution in [1.29, 1.82) is 0 Å². The molecule has 0 atom stereocenters. The summed E-state index contributed by atoms with van der Waals surface area (Å²) in [5, 5.41) is 14.7. The van der Waals surface area contributed by atoms with Crippen LogP contribution < -0.4 is 20.1 Å². The summed E-state index contributed by atoms with van der Waals surface area (Å²) in [6, 6.07) is 16.6. The molecule has 7 nitrogen and oxygen atoms in total. The van der Waals surface area contributed by atoms with E-state index in [2.05, 4.69) is 5.32 Å². The summed E-state index contributed by atoms with van der Waals surface area (Å²) in [4.78, 5) is 26.6. The third-order valence-corrected chi connectivity index (χ3v) is 6.35. The average molecular weight is 570 g/mol. The van der Waals surface area contributed by atoms with Crippen LogP contribution in [-0.2, 0) is 4.79 Å². The van der Waals surface area contributed by atoms with E-state index in [1.807, 2.05) is 96.7 Å². The molecule has 0 unspecified atom stereocenters. The molecule has 1 aliphatic carbocycles. The van der Waals surface area contributed by atoms with Gasteiger partial charge in [0, 0.05) is 59.7 Å². The zero-order chi connectivity index (χ0) is 24.6. The third kappa shape index (κ3) is 4.37. The van der Waals surface area contributed by atoms with Crippen molar-refractivity contribution >= 4 is 56.8 Å². The largest absolute Gasteiger partial charge is 0.478 e. The normalized spacial score (nSPS) is 11.0. The molecule has 1 heterocycles. The number of hydrogen-bond acceptors (Lipinski definition) is 4. The first kappa shape index (κ1) is 23.7. The fourth-order valence-corrected chi connectivity index (χ4v) is 4.17. The van der Waals surface area contributed by atoms with Crippen LogP contribution in [0.4, 0.5) is 11.4 Å². The maximum absolute atomic E-state index is 12.3. The summed E-state index contributed by atoms with van der Waals surface area (Å²) < 4.78 is 8.57. The Bertz CT molecular complexity index is 1470. The van der Waals surface area contributed by atoms with Gasteiger partial charge in [-0.05, 0) is 30.3 Å². The van der Waals surface area contributed by atoms with Gasteiger partial charge in [0.1, 0.15) is 25.4 Å². The fraction of sp³-hybridized carbons (Fsp3) is 0.192. The van der Waals surface area contributed by atoms with E-state index in [1.54, 1.807) is 18.2 Å². The molecule has 0 fully saturated rings. The summed E-state index contributed by atoms with van der Waals surface area (Å²) in [5.41, 5.74) is 4.04. The Kier molecular flexibility index (Phi) is 6.60. The zero-order valence-corrected chi connectivity index (χ0v) is 21.5. The van der Waals surface area contributed by atoms with Gasteiger partial charge in [-0.25, -0.2) is 9.37 Å². The molecule has 2 N–H and O–H groups in total. The number of carboxylic acids is 1. The van der Waals surface area contributed by atoms with Crippen molar-refractivity contribution in [2.45, 2.75) is 0 Å². The van der Waals surface area contributed by atoms with Crippen molar-refractivity contribution in [1.82, 2.24) is 4.58 Å². The highest BCUT2D eigenvalue weighted by Crippen LogP contribution is 2.44. The van der Waals surface area contributed by atoms with E-state index < -0.39 is 5.97 Å². The number of anilines is 2. The lowest BCUT2D eigenvalue weighted by molar-refractivity contribution is -0.113. The second-order valence-corrected chi connectivity index (χ2v) is 9.10. The molecular formula is C26H25IN3O4+. The molecule has 0 saturated heterocycles. The molecule has 8 heteroatoms. The topological polar surface area (TPSA) is 85.8 Å². The van der Waals surface area contributed by atoms with Gasteiger partial charge >= 0.3 is 5.97 Å². The van der Waals surface area contributed by atoms with Gasteiger partial charge in [-0.15, -0.1) is 0 Å². The Morgan fingerprint density at radius 1 is 1.06 bits per heavy atom. The van der Waals surface area contributed by atoms with Crippen molar-refractivity contribution in [3.63, 3.8) is 0 Å². The molecule has 0 radical (unpaired) electrons. The van der Waals surface area contributed by atoms with E-state index in [0.717, 1.165) is 22.0 Å². The highest BCUT2D eigenvalue weighted by Gasteiger charge is 2.25. The number of carboxylic acid groups (broad SMARTS) is 1. The number of nitrogens with zero attached hydrogens (tertiary/aromatic N) is 2. The Labute approximate surface area is 210 Å². The van der Waals surface area contributed by atoms with E-state index in [4.69, 9.17) is 4.42 Å². The smallest absolute Gasteiger partial charge is 0.336 e. The van der Waals surface area contributed by atoms with E-state index in [9.17, 15) is 14.7 Å². The van der Waals surface area contributed by atoms with E-state index in [-0.39, 0.29) is 15.9 Å². The lowest BCUT2D eigenvalue weighted by atomic mass is 9.89. The molecule has 2 aliphatic rings. The van der Waals surface area contributed by atoms with Crippen LogP contribution in [0, 0.1) is 0 Å². The number of aromatic carboxylic acids is 1. The Hall–Kier alpha value is -3.40. The van der Waals surface area contributed by atoms with Crippen LogP contribution >= 0.6 is 22.6 Å². The Morgan fingerprint density at radius 2 is 1.82 bits per heavy atom. The maximum Gasteiger partial charge on any atom is 0.336 e. The highest BCUT2D eigenvalue weighted by molar-refractivity contribution is 14.1. The molecule has 4 rings (SSSR count). The minimum Gasteiger partial charge on any atom is -0.478 e. The monoisotopic (exact) mass is 570 g/mol. The number of rotatable bonds is 5. The minimum absolute atomic E-state index is 0.105. The number of alkyl halides is 1. The van der Waals surface area contributed by atoms with Crippen LogP contribution in [0.3, 0.4) is 0 Å². The number of benzene rings is 3. The molecule has 0 aromatic heterocycles. The molecule has 1 amide bonds. The first-order valence-electron chi connectivity index (χ1n) is 10.6. The van der Waals surface area contributed by atoms with Crippen LogP contribution in [0.1, 0.15) is 10.4 Å². The number of carbonyl (C=O) groups excluding carboxylic acids is 1. The molecule has 0 bridgehead atoms. The van der Waals surface area contributed by atoms with Gasteiger partial charge in [-0.1, -0.05) is 28.7 Å². The minimum atomic E-state index is -1.07. The SMILES string of the molecule is CN(C)c1ccc2c(-c3c(NC(=O)CI)cccc3C(=O)O)c3ccc(=[N+](C)C)cc-3oc2c1. The number of amides is 1. The lowest BCUT2D eigenvalue weighted by Crippen LogP contribution is -2.21. The van der Waals surface area contributed by atoms with Crippen LogP contribution in [-0.4, -0.2) is 49.6 Å². The number of hydrogen-bond donors (Lipinski definition) is 2. The highest BCUT2D eigenvalue weighted by atomic mass is 127. The molecule has 34 heavy (non-hydrogen) atoms. The summed E-state index contributed by atoms with van der Waals surface area (Å²) in [7, 11) is 7.80. The Balaban J connectivity index is 2.20. The van der Waals surface area contributed by atoms with Crippen molar-refractivity contribution in [3.05, 3.63) is 65.5 Å². The summed E-state index contributed by atoms with van der Waals surface area (Å²) in [5.74, 6) is -0.656. The van der Waals surface area contributed by atoms with Gasteiger partial charge in [0.25, 0.3) is 0 Å². The van der Waals surface area contributed by atoms with Crippen LogP contribution in [0.15, 0.2) is 59.0 Å². The average Bonchev–Trinajstić information content (AvgIpc) is 2.81. The van der Waals surface area contributed by atoms with Gasteiger partial charge in [0.15, 0.2) is 0 Å². The molecule has 2 aromatic carbocycles. The molecular weight excluding hydrogens is 545 g/mol. The van der Waals surface area contributed by atoms with Gasteiger partial charge in [-0.3, -0.25) is 4.79 Å². The molecule has 174 valence electrons. The second-order valence-electron chi connectivity index (χ2n) is 8.34. The molecule has 0 spiro atoms. The van der Waals surface area contributed by atoms with Crippen LogP contribution in [0.5, 0.6) is 0 Å². The predicted molar refractivity (Wildman–Crippen MR) is 144 cm³/mol. The van der Waals surface area contributed by atoms with Crippen molar-refractivity contribution in [2.75, 3.05) is 42.8 Å². The van der Waals surface area contributed by atoms with Crippen molar-refractivity contribution < 1.29 is 19.1 Å². The second kappa shape index (κ2) is 9.46. The number of carbonyl (C=O) groups is 2. The maximum atomic E-state index is 12.3. The zero-order valence-electron chi connectivity index (χ0n) is 19.3. The third-order valence-electron chi connectivity index (χ3n) is 5.66. The van der Waals surface area contributed by atoms with Gasteiger partial charge in [0.05, 0.1) is 16.1 Å². The lowest BCUT2D eigenvalue weighted by Gasteiger charge is -2.21. The summed E-state index contributed by atoms with van der Waals surface area (Å²) in [6.45, 7) is 0. The standard InChI is InChI=1S/C26H24IN3O4/c1-29(2)15-8-10-17-21(12-15)34-22-13-16(30(3)4)9-11-18(22)24(17)25-19(26(32)33)6-5-7-20(25)28-23(31)14-27/h5-13H,14H2,1-4H3,(H,32,33)/p+1. The Morgan fingerprint density at radius 3 is 2.47 bits per heavy atom.